The molecule has 0 aromatic heterocycles. The lowest BCUT2D eigenvalue weighted by atomic mass is 10.1. The second-order valence-corrected chi connectivity index (χ2v) is 18.1. The van der Waals surface area contributed by atoms with E-state index in [1.54, 1.807) is 0 Å². The van der Waals surface area contributed by atoms with E-state index in [0.717, 1.165) is 11.5 Å². The number of rotatable bonds is 12. The Morgan fingerprint density at radius 2 is 1.69 bits per heavy atom. The molecule has 0 amide bonds. The Bertz CT molecular complexity index is 672. The zero-order valence-electron chi connectivity index (χ0n) is 21.5. The molecule has 1 saturated heterocycles. The Balaban J connectivity index is 2.40. The van der Waals surface area contributed by atoms with Crippen molar-refractivity contribution in [2.24, 2.45) is 0 Å². The van der Waals surface area contributed by atoms with Crippen LogP contribution in [0.4, 0.5) is 0 Å². The molecule has 184 valence electrons. The SMILES string of the molecule is CCSC(SCC)[C@H](OCc1ccccc1)[C@H](O[Si](C)(C)C(C)(C)C)[C@@H]1COC(C)(C)O1. The van der Waals surface area contributed by atoms with E-state index in [4.69, 9.17) is 18.6 Å². The molecule has 4 nitrogen and oxygen atoms in total. The highest BCUT2D eigenvalue weighted by atomic mass is 32.2. The third-order valence-electron chi connectivity index (χ3n) is 6.17. The Kier molecular flexibility index (Phi) is 10.7. The average Bonchev–Trinajstić information content (AvgIpc) is 3.07. The molecule has 1 fully saturated rings. The molecular formula is C25H44O4S2Si. The fourth-order valence-electron chi connectivity index (χ4n) is 3.41. The lowest BCUT2D eigenvalue weighted by molar-refractivity contribution is -0.162. The summed E-state index contributed by atoms with van der Waals surface area (Å²) in [5.41, 5.74) is 1.18. The minimum atomic E-state index is -2.08. The third kappa shape index (κ3) is 8.03. The van der Waals surface area contributed by atoms with Gasteiger partial charge in [0.2, 0.25) is 0 Å². The molecule has 1 aliphatic rings. The number of hydrogen-bond donors (Lipinski definition) is 0. The van der Waals surface area contributed by atoms with Crippen LogP contribution in [0.25, 0.3) is 0 Å². The summed E-state index contributed by atoms with van der Waals surface area (Å²) < 4.78 is 26.4. The summed E-state index contributed by atoms with van der Waals surface area (Å²) in [7, 11) is -2.08. The molecule has 1 aromatic carbocycles. The van der Waals surface area contributed by atoms with Crippen molar-refractivity contribution in [3.63, 3.8) is 0 Å². The van der Waals surface area contributed by atoms with E-state index in [1.807, 2.05) is 43.4 Å². The molecular weight excluding hydrogens is 456 g/mol. The standard InChI is InChI=1S/C25H44O4S2Si/c1-10-30-23(31-11-2)22(26-17-19-15-13-12-14-16-19)21(20-18-27-25(6,7)28-20)29-32(8,9)24(3,4)5/h12-16,20-23H,10-11,17-18H2,1-9H3/t20-,21+,22+/m0/s1. The second-order valence-electron chi connectivity index (χ2n) is 10.3. The highest BCUT2D eigenvalue weighted by Gasteiger charge is 2.49. The van der Waals surface area contributed by atoms with Crippen LogP contribution in [0.3, 0.4) is 0 Å². The normalized spacial score (nSPS) is 21.1. The van der Waals surface area contributed by atoms with E-state index in [-0.39, 0.29) is 27.9 Å². The van der Waals surface area contributed by atoms with Crippen LogP contribution in [-0.2, 0) is 25.2 Å². The molecule has 1 heterocycles. The smallest absolute Gasteiger partial charge is 0.192 e. The van der Waals surface area contributed by atoms with E-state index in [0.29, 0.717) is 13.2 Å². The number of ether oxygens (including phenoxy) is 3. The minimum Gasteiger partial charge on any atom is -0.408 e. The van der Waals surface area contributed by atoms with E-state index < -0.39 is 14.1 Å². The first kappa shape index (κ1) is 28.2. The lowest BCUT2D eigenvalue weighted by Gasteiger charge is -2.44. The van der Waals surface area contributed by atoms with Crippen molar-refractivity contribution < 1.29 is 18.6 Å². The van der Waals surface area contributed by atoms with Crippen molar-refractivity contribution in [1.29, 1.82) is 0 Å². The van der Waals surface area contributed by atoms with Gasteiger partial charge in [-0.1, -0.05) is 65.0 Å². The highest BCUT2D eigenvalue weighted by molar-refractivity contribution is 8.17. The van der Waals surface area contributed by atoms with Gasteiger partial charge in [0.15, 0.2) is 14.1 Å². The van der Waals surface area contributed by atoms with Gasteiger partial charge in [-0.15, -0.1) is 23.5 Å². The molecule has 0 spiro atoms. The Hall–Kier alpha value is -0.0231. The Labute approximate surface area is 206 Å². The summed E-state index contributed by atoms with van der Waals surface area (Å²) in [6.07, 6.45) is -0.455. The molecule has 1 aliphatic heterocycles. The number of hydrogen-bond acceptors (Lipinski definition) is 6. The van der Waals surface area contributed by atoms with Crippen molar-refractivity contribution in [2.75, 3.05) is 18.1 Å². The summed E-state index contributed by atoms with van der Waals surface area (Å²) >= 11 is 3.88. The van der Waals surface area contributed by atoms with Crippen LogP contribution in [0, 0.1) is 0 Å². The fourth-order valence-corrected chi connectivity index (χ4v) is 7.43. The molecule has 3 atom stereocenters. The molecule has 0 radical (unpaired) electrons. The Morgan fingerprint density at radius 3 is 2.16 bits per heavy atom. The first-order valence-electron chi connectivity index (χ1n) is 11.8. The molecule has 0 N–H and O–H groups in total. The summed E-state index contributed by atoms with van der Waals surface area (Å²) in [4.78, 5) is 0. The predicted molar refractivity (Wildman–Crippen MR) is 142 cm³/mol. The predicted octanol–water partition coefficient (Wildman–Crippen LogP) is 6.95. The maximum atomic E-state index is 7.09. The number of thioether (sulfide) groups is 2. The molecule has 1 aromatic rings. The van der Waals surface area contributed by atoms with Crippen molar-refractivity contribution in [2.45, 2.75) is 102 Å². The molecule has 2 rings (SSSR count). The molecule has 32 heavy (non-hydrogen) atoms. The quantitative estimate of drug-likeness (QED) is 0.228. The summed E-state index contributed by atoms with van der Waals surface area (Å²) in [6, 6.07) is 10.4. The van der Waals surface area contributed by atoms with Gasteiger partial charge in [-0.25, -0.2) is 0 Å². The van der Waals surface area contributed by atoms with Crippen LogP contribution in [-0.4, -0.2) is 55.1 Å². The summed E-state index contributed by atoms with van der Waals surface area (Å²) in [5, 5.41) is 0.0928. The van der Waals surface area contributed by atoms with Gasteiger partial charge in [-0.3, -0.25) is 0 Å². The molecule has 0 saturated carbocycles. The zero-order chi connectivity index (χ0) is 24.0. The van der Waals surface area contributed by atoms with Crippen LogP contribution in [0.1, 0.15) is 54.0 Å². The van der Waals surface area contributed by atoms with E-state index >= 15 is 0 Å². The molecule has 0 unspecified atom stereocenters. The van der Waals surface area contributed by atoms with Gasteiger partial charge in [0.25, 0.3) is 0 Å². The summed E-state index contributed by atoms with van der Waals surface area (Å²) in [5.74, 6) is 1.46. The van der Waals surface area contributed by atoms with Crippen LogP contribution in [0.2, 0.25) is 18.1 Å². The van der Waals surface area contributed by atoms with Gasteiger partial charge in [-0.2, -0.15) is 0 Å². The maximum absolute atomic E-state index is 7.09. The van der Waals surface area contributed by atoms with Crippen LogP contribution >= 0.6 is 23.5 Å². The average molecular weight is 501 g/mol. The van der Waals surface area contributed by atoms with Gasteiger partial charge >= 0.3 is 0 Å². The monoisotopic (exact) mass is 500 g/mol. The zero-order valence-corrected chi connectivity index (χ0v) is 24.1. The number of benzene rings is 1. The van der Waals surface area contributed by atoms with Crippen molar-refractivity contribution >= 4 is 31.8 Å². The lowest BCUT2D eigenvalue weighted by Crippen LogP contribution is -2.54. The second kappa shape index (κ2) is 12.1. The van der Waals surface area contributed by atoms with Crippen molar-refractivity contribution in [3.05, 3.63) is 35.9 Å². The largest absolute Gasteiger partial charge is 0.408 e. The first-order valence-corrected chi connectivity index (χ1v) is 16.8. The third-order valence-corrected chi connectivity index (χ3v) is 13.3. The minimum absolute atomic E-state index is 0.0928. The maximum Gasteiger partial charge on any atom is 0.192 e. The van der Waals surface area contributed by atoms with E-state index in [9.17, 15) is 0 Å². The Morgan fingerprint density at radius 1 is 1.09 bits per heavy atom. The van der Waals surface area contributed by atoms with Crippen molar-refractivity contribution in [1.82, 2.24) is 0 Å². The topological polar surface area (TPSA) is 36.9 Å². The molecule has 0 aliphatic carbocycles. The van der Waals surface area contributed by atoms with Crippen LogP contribution in [0.15, 0.2) is 30.3 Å². The first-order chi connectivity index (χ1) is 14.9. The van der Waals surface area contributed by atoms with Gasteiger partial charge in [0, 0.05) is 0 Å². The van der Waals surface area contributed by atoms with Crippen molar-refractivity contribution in [3.8, 4) is 0 Å². The molecule has 7 heteroatoms. The van der Waals surface area contributed by atoms with Gasteiger partial charge < -0.3 is 18.6 Å². The van der Waals surface area contributed by atoms with Crippen LogP contribution in [0.5, 0.6) is 0 Å². The van der Waals surface area contributed by atoms with Gasteiger partial charge in [0.1, 0.15) is 18.3 Å². The van der Waals surface area contributed by atoms with Crippen LogP contribution < -0.4 is 0 Å². The molecule has 0 bridgehead atoms. The van der Waals surface area contributed by atoms with E-state index in [2.05, 4.69) is 72.0 Å². The highest BCUT2D eigenvalue weighted by Crippen LogP contribution is 2.42. The van der Waals surface area contributed by atoms with Gasteiger partial charge in [0.05, 0.1) is 17.8 Å². The van der Waals surface area contributed by atoms with E-state index in [1.165, 1.54) is 5.56 Å². The van der Waals surface area contributed by atoms with Gasteiger partial charge in [-0.05, 0) is 49.0 Å². The summed E-state index contributed by atoms with van der Waals surface area (Å²) in [6.45, 7) is 20.9. The fraction of sp³-hybridized carbons (Fsp3) is 0.760.